The van der Waals surface area contributed by atoms with Gasteiger partial charge in [0.2, 0.25) is 0 Å². The molecule has 20 heteroatoms. The number of rotatable bonds is 42. The normalized spacial score (nSPS) is 19.6. The second-order valence-corrected chi connectivity index (χ2v) is 22.4. The number of aromatic nitrogens is 2. The number of anilines is 1. The Morgan fingerprint density at radius 2 is 1.09 bits per heavy atom. The highest BCUT2D eigenvalue weighted by Crippen LogP contribution is 2.60. The largest absolute Gasteiger partial charge is 0.481 e. The number of carbonyl (C=O) groups is 2. The lowest BCUT2D eigenvalue weighted by Crippen LogP contribution is -2.36. The fourth-order valence-electron chi connectivity index (χ4n) is 8.04. The van der Waals surface area contributed by atoms with Crippen LogP contribution in [0, 0.1) is 11.8 Å². The van der Waals surface area contributed by atoms with Crippen molar-refractivity contribution in [2.45, 2.75) is 238 Å². The number of nitrogens with zero attached hydrogens (tertiary/aromatic N) is 2. The number of ether oxygens (including phenoxy) is 3. The van der Waals surface area contributed by atoms with Gasteiger partial charge in [0.1, 0.15) is 30.7 Å². The van der Waals surface area contributed by atoms with E-state index in [2.05, 4.69) is 37.0 Å². The number of hydrogen-bond donors (Lipinski definition) is 5. The lowest BCUT2D eigenvalue weighted by Gasteiger charge is -2.21. The highest BCUT2D eigenvalue weighted by Gasteiger charge is 2.46. The minimum Gasteiger partial charge on any atom is -0.462 e. The molecule has 2 heterocycles. The molecular weight excluding hydrogens is 920 g/mol. The van der Waals surface area contributed by atoms with Crippen LogP contribution in [0.15, 0.2) is 17.1 Å². The molecule has 0 amide bonds. The lowest BCUT2D eigenvalue weighted by molar-refractivity contribution is -0.161. The van der Waals surface area contributed by atoms with E-state index in [9.17, 15) is 43.5 Å². The standard InChI is InChI=1S/C48H89N3O15P2/c1-38(2)29-25-21-17-13-9-6-5-7-11-15-19-23-27-31-43(52)61-35-40(64-44(53)32-28-24-20-16-12-8-10-14-18-22-26-30-39(3)4)36-62-67(57,58)66-68(59,60)63-37-41-45(54)46(55)47(65-41)51-34-33-42(49)50-48(51)56/h33-34,38-41,45-47,54-55H,5-32,35-37H2,1-4H3,(H,57,58)(H,59,60)(H2,49,50,56)/t40-,41-,45+,46?,47-/m1/s1. The van der Waals surface area contributed by atoms with Gasteiger partial charge in [-0.05, 0) is 30.7 Å². The zero-order valence-electron chi connectivity index (χ0n) is 41.8. The van der Waals surface area contributed by atoms with E-state index in [4.69, 9.17) is 29.0 Å². The summed E-state index contributed by atoms with van der Waals surface area (Å²) in [6, 6.07) is 1.25. The first-order valence-corrected chi connectivity index (χ1v) is 28.8. The van der Waals surface area contributed by atoms with E-state index in [1.165, 1.54) is 115 Å². The van der Waals surface area contributed by atoms with Gasteiger partial charge in [-0.1, -0.05) is 182 Å². The lowest BCUT2D eigenvalue weighted by atomic mass is 10.0. The topological polar surface area (TPSA) is 265 Å². The van der Waals surface area contributed by atoms with Crippen LogP contribution in [0.4, 0.5) is 5.82 Å². The maximum atomic E-state index is 12.9. The molecule has 1 fully saturated rings. The molecule has 0 radical (unpaired) electrons. The van der Waals surface area contributed by atoms with Gasteiger partial charge in [-0.2, -0.15) is 9.29 Å². The second kappa shape index (κ2) is 35.8. The first-order chi connectivity index (χ1) is 32.4. The van der Waals surface area contributed by atoms with Gasteiger partial charge in [-0.25, -0.2) is 13.9 Å². The number of nitrogen functional groups attached to an aromatic ring is 1. The minimum absolute atomic E-state index is 0.0560. The van der Waals surface area contributed by atoms with Crippen molar-refractivity contribution in [2.24, 2.45) is 11.8 Å². The molecule has 0 bridgehead atoms. The van der Waals surface area contributed by atoms with E-state index >= 15 is 0 Å². The highest BCUT2D eigenvalue weighted by atomic mass is 31.3. The third-order valence-electron chi connectivity index (χ3n) is 12.0. The molecule has 6 N–H and O–H groups in total. The van der Waals surface area contributed by atoms with Crippen LogP contribution in [0.3, 0.4) is 0 Å². The summed E-state index contributed by atoms with van der Waals surface area (Å²) in [5, 5.41) is 20.9. The fraction of sp³-hybridized carbons (Fsp3) is 0.875. The Balaban J connectivity index is 1.79. The summed E-state index contributed by atoms with van der Waals surface area (Å²) < 4.78 is 56.8. The molecule has 2 rings (SSSR count). The smallest absolute Gasteiger partial charge is 0.462 e. The van der Waals surface area contributed by atoms with Crippen LogP contribution < -0.4 is 11.4 Å². The number of hydrogen-bond acceptors (Lipinski definition) is 15. The molecule has 3 unspecified atom stereocenters. The first kappa shape index (κ1) is 61.9. The third kappa shape index (κ3) is 29.8. The van der Waals surface area contributed by atoms with Crippen molar-refractivity contribution in [1.82, 2.24) is 9.55 Å². The van der Waals surface area contributed by atoms with Gasteiger partial charge in [0, 0.05) is 19.0 Å². The van der Waals surface area contributed by atoms with Crippen molar-refractivity contribution >= 4 is 33.4 Å². The number of phosphoric acid groups is 2. The van der Waals surface area contributed by atoms with Crippen molar-refractivity contribution in [3.8, 4) is 0 Å². The number of aliphatic hydroxyl groups excluding tert-OH is 2. The Hall–Kier alpha value is -2.24. The monoisotopic (exact) mass is 1010 g/mol. The SMILES string of the molecule is CC(C)CCCCCCCCCCCCCCCC(=O)OC[C@H](COP(=O)(O)OP(=O)(O)OC[C@H]1O[C@@H](n2ccc(N)nc2=O)C(O)[C@H]1O)OC(=O)CCCCCCCCCCCCCC(C)C. The predicted molar refractivity (Wildman–Crippen MR) is 261 cm³/mol. The van der Waals surface area contributed by atoms with E-state index in [0.29, 0.717) is 12.8 Å². The zero-order valence-corrected chi connectivity index (χ0v) is 43.6. The van der Waals surface area contributed by atoms with Crippen LogP contribution in [-0.2, 0) is 46.3 Å². The maximum Gasteiger partial charge on any atom is 0.481 e. The van der Waals surface area contributed by atoms with Crippen molar-refractivity contribution in [3.63, 3.8) is 0 Å². The van der Waals surface area contributed by atoms with Crippen molar-refractivity contribution in [1.29, 1.82) is 0 Å². The van der Waals surface area contributed by atoms with E-state index in [1.807, 2.05) is 0 Å². The number of phosphoric ester groups is 2. The molecular formula is C48H89N3O15P2. The van der Waals surface area contributed by atoms with Crippen LogP contribution in [0.25, 0.3) is 0 Å². The van der Waals surface area contributed by atoms with E-state index in [1.54, 1.807) is 0 Å². The summed E-state index contributed by atoms with van der Waals surface area (Å²) in [6.45, 7) is 6.79. The van der Waals surface area contributed by atoms with Gasteiger partial charge in [-0.15, -0.1) is 0 Å². The Morgan fingerprint density at radius 3 is 1.54 bits per heavy atom. The number of nitrogens with two attached hydrogens (primary N) is 1. The number of aliphatic hydroxyl groups is 2. The Kier molecular flexibility index (Phi) is 32.6. The van der Waals surface area contributed by atoms with Gasteiger partial charge < -0.3 is 39.9 Å². The minimum atomic E-state index is -5.42. The summed E-state index contributed by atoms with van der Waals surface area (Å²) in [5.74, 6) is 0.273. The van der Waals surface area contributed by atoms with Gasteiger partial charge in [0.15, 0.2) is 12.3 Å². The average molecular weight is 1010 g/mol. The molecule has 7 atom stereocenters. The molecule has 1 aromatic heterocycles. The van der Waals surface area contributed by atoms with Gasteiger partial charge in [0.05, 0.1) is 13.2 Å². The van der Waals surface area contributed by atoms with E-state index < -0.39 is 83.7 Å². The van der Waals surface area contributed by atoms with Crippen LogP contribution in [0.1, 0.15) is 214 Å². The second-order valence-electron chi connectivity index (χ2n) is 19.3. The summed E-state index contributed by atoms with van der Waals surface area (Å²) in [7, 11) is -10.8. The number of unbranched alkanes of at least 4 members (excludes halogenated alkanes) is 22. The van der Waals surface area contributed by atoms with Crippen LogP contribution in [-0.4, -0.2) is 85.7 Å². The van der Waals surface area contributed by atoms with Gasteiger partial charge >= 0.3 is 33.3 Å². The Morgan fingerprint density at radius 1 is 0.662 bits per heavy atom. The number of esters is 2. The summed E-state index contributed by atoms with van der Waals surface area (Å²) in [4.78, 5) is 61.9. The molecule has 0 saturated carbocycles. The van der Waals surface area contributed by atoms with E-state index in [-0.39, 0.29) is 18.7 Å². The molecule has 1 aromatic rings. The number of carbonyl (C=O) groups excluding carboxylic acids is 2. The molecule has 68 heavy (non-hydrogen) atoms. The molecule has 0 aliphatic carbocycles. The molecule has 1 aliphatic rings. The maximum absolute atomic E-state index is 12.9. The summed E-state index contributed by atoms with van der Waals surface area (Å²) >= 11 is 0. The molecule has 396 valence electrons. The summed E-state index contributed by atoms with van der Waals surface area (Å²) in [5.41, 5.74) is 4.59. The predicted octanol–water partition coefficient (Wildman–Crippen LogP) is 10.4. The highest BCUT2D eigenvalue weighted by molar-refractivity contribution is 7.61. The molecule has 18 nitrogen and oxygen atoms in total. The average Bonchev–Trinajstić information content (AvgIpc) is 3.55. The molecule has 0 aromatic carbocycles. The van der Waals surface area contributed by atoms with E-state index in [0.717, 1.165) is 67.8 Å². The van der Waals surface area contributed by atoms with Crippen molar-refractivity contribution in [2.75, 3.05) is 25.6 Å². The summed E-state index contributed by atoms with van der Waals surface area (Å²) in [6.07, 6.45) is 23.4. The van der Waals surface area contributed by atoms with Crippen LogP contribution in [0.5, 0.6) is 0 Å². The van der Waals surface area contributed by atoms with Crippen molar-refractivity contribution < 1.29 is 66.3 Å². The first-order valence-electron chi connectivity index (χ1n) is 25.8. The third-order valence-corrected chi connectivity index (χ3v) is 14.6. The van der Waals surface area contributed by atoms with Crippen molar-refractivity contribution in [3.05, 3.63) is 22.7 Å². The Bertz CT molecular complexity index is 1670. The molecule has 1 aliphatic heterocycles. The molecule has 0 spiro atoms. The van der Waals surface area contributed by atoms with Crippen LogP contribution >= 0.6 is 15.6 Å². The van der Waals surface area contributed by atoms with Crippen LogP contribution in [0.2, 0.25) is 0 Å². The van der Waals surface area contributed by atoms with Gasteiger partial charge in [-0.3, -0.25) is 23.2 Å². The molecule has 1 saturated heterocycles. The Labute approximate surface area is 406 Å². The fourth-order valence-corrected chi connectivity index (χ4v) is 10.1. The van der Waals surface area contributed by atoms with Gasteiger partial charge in [0.25, 0.3) is 0 Å². The quantitative estimate of drug-likeness (QED) is 0.0231. The zero-order chi connectivity index (χ0) is 50.2.